The van der Waals surface area contributed by atoms with E-state index in [9.17, 15) is 0 Å². The van der Waals surface area contributed by atoms with Crippen molar-refractivity contribution in [3.05, 3.63) is 112 Å². The van der Waals surface area contributed by atoms with Crippen LogP contribution in [-0.4, -0.2) is 8.07 Å². The molecule has 0 unspecified atom stereocenters. The largest absolute Gasteiger partial charge is 0.175 e. The van der Waals surface area contributed by atoms with Gasteiger partial charge in [-0.25, -0.2) is 0 Å². The molecule has 1 aliphatic rings. The molecule has 0 saturated heterocycles. The lowest BCUT2D eigenvalue weighted by Crippen LogP contribution is -2.68. The van der Waals surface area contributed by atoms with Crippen LogP contribution in [0.5, 0.6) is 0 Å². The number of hydrogen-bond donors (Lipinski definition) is 0. The first-order valence-corrected chi connectivity index (χ1v) is 12.5. The van der Waals surface area contributed by atoms with Crippen LogP contribution in [0, 0.1) is 27.7 Å². The number of aryl methyl sites for hydroxylation is 4. The van der Waals surface area contributed by atoms with E-state index in [0.717, 1.165) is 6.42 Å². The maximum Gasteiger partial charge on any atom is 0.175 e. The van der Waals surface area contributed by atoms with Crippen molar-refractivity contribution >= 4 is 23.6 Å². The Morgan fingerprint density at radius 2 is 1.07 bits per heavy atom. The van der Waals surface area contributed by atoms with Crippen LogP contribution in [0.3, 0.4) is 0 Å². The molecular weight excluding hydrogens is 364 g/mol. The zero-order valence-electron chi connectivity index (χ0n) is 18.2. The summed E-state index contributed by atoms with van der Waals surface area (Å²) in [5.74, 6) is 0. The van der Waals surface area contributed by atoms with Gasteiger partial charge < -0.3 is 0 Å². The Hall–Kier alpha value is -2.64. The van der Waals surface area contributed by atoms with E-state index in [1.165, 1.54) is 43.4 Å². The van der Waals surface area contributed by atoms with E-state index >= 15 is 0 Å². The first kappa shape index (κ1) is 19.7. The minimum Gasteiger partial charge on any atom is -0.0779 e. The van der Waals surface area contributed by atoms with Crippen molar-refractivity contribution in [3.63, 3.8) is 0 Å². The molecule has 0 saturated carbocycles. The molecule has 0 radical (unpaired) electrons. The van der Waals surface area contributed by atoms with Crippen LogP contribution in [-0.2, 0) is 0 Å². The van der Waals surface area contributed by atoms with Gasteiger partial charge in [0.1, 0.15) is 0 Å². The fourth-order valence-electron chi connectivity index (χ4n) is 5.05. The molecule has 1 heteroatoms. The molecule has 0 N–H and O–H groups in total. The van der Waals surface area contributed by atoms with Gasteiger partial charge in [0.2, 0.25) is 0 Å². The van der Waals surface area contributed by atoms with Crippen LogP contribution in [0.1, 0.15) is 35.6 Å². The third kappa shape index (κ3) is 3.56. The van der Waals surface area contributed by atoms with E-state index in [0.29, 0.717) is 0 Å². The average Bonchev–Trinajstić information content (AvgIpc) is 3.08. The van der Waals surface area contributed by atoms with Gasteiger partial charge >= 0.3 is 0 Å². The fraction of sp³-hybridized carbons (Fsp3) is 0.214. The van der Waals surface area contributed by atoms with E-state index < -0.39 is 8.07 Å². The zero-order chi connectivity index (χ0) is 20.6. The molecule has 0 atom stereocenters. The zero-order valence-corrected chi connectivity index (χ0v) is 19.2. The van der Waals surface area contributed by atoms with Gasteiger partial charge in [-0.15, -0.1) is 0 Å². The lowest BCUT2D eigenvalue weighted by Gasteiger charge is -2.36. The van der Waals surface area contributed by atoms with Crippen molar-refractivity contribution in [2.45, 2.75) is 41.0 Å². The van der Waals surface area contributed by atoms with Crippen LogP contribution in [0.25, 0.3) is 0 Å². The second-order valence-electron chi connectivity index (χ2n) is 8.69. The molecule has 0 amide bonds. The third-order valence-electron chi connectivity index (χ3n) is 6.04. The molecule has 0 aliphatic heterocycles. The van der Waals surface area contributed by atoms with Gasteiger partial charge in [-0.2, -0.15) is 0 Å². The summed E-state index contributed by atoms with van der Waals surface area (Å²) in [5, 5.41) is 6.07. The lowest BCUT2D eigenvalue weighted by molar-refractivity contribution is 1.35. The van der Waals surface area contributed by atoms with Gasteiger partial charge in [-0.3, -0.25) is 0 Å². The Kier molecular flexibility index (Phi) is 5.18. The molecule has 146 valence electrons. The third-order valence-corrected chi connectivity index (χ3v) is 10.9. The first-order chi connectivity index (χ1) is 13.9. The molecular formula is C28H30Si. The highest BCUT2D eigenvalue weighted by atomic mass is 28.3. The van der Waals surface area contributed by atoms with Crippen molar-refractivity contribution in [3.8, 4) is 0 Å². The predicted molar refractivity (Wildman–Crippen MR) is 129 cm³/mol. The Balaban J connectivity index is 2.15. The van der Waals surface area contributed by atoms with Crippen molar-refractivity contribution in [2.24, 2.45) is 0 Å². The van der Waals surface area contributed by atoms with E-state index in [-0.39, 0.29) is 0 Å². The molecule has 3 aromatic carbocycles. The van der Waals surface area contributed by atoms with Crippen LogP contribution in [0.4, 0.5) is 0 Å². The highest BCUT2D eigenvalue weighted by molar-refractivity contribution is 7.16. The van der Waals surface area contributed by atoms with Gasteiger partial charge in [0.15, 0.2) is 8.07 Å². The monoisotopic (exact) mass is 394 g/mol. The Morgan fingerprint density at radius 1 is 0.586 bits per heavy atom. The highest BCUT2D eigenvalue weighted by Gasteiger charge is 2.43. The van der Waals surface area contributed by atoms with Gasteiger partial charge in [0.05, 0.1) is 0 Å². The minimum atomic E-state index is -2.35. The maximum atomic E-state index is 2.47. The fourth-order valence-corrected chi connectivity index (χ4v) is 10.5. The molecule has 3 aromatic rings. The Morgan fingerprint density at radius 3 is 1.48 bits per heavy atom. The summed E-state index contributed by atoms with van der Waals surface area (Å²) in [6, 6.07) is 25.6. The molecule has 4 rings (SSSR count). The topological polar surface area (TPSA) is 0 Å². The number of benzene rings is 3. The van der Waals surface area contributed by atoms with E-state index in [1.54, 1.807) is 5.20 Å². The average molecular weight is 395 g/mol. The molecule has 0 nitrogen and oxygen atoms in total. The van der Waals surface area contributed by atoms with Crippen LogP contribution >= 0.6 is 0 Å². The van der Waals surface area contributed by atoms with Crippen molar-refractivity contribution in [1.82, 2.24) is 0 Å². The molecule has 0 heterocycles. The maximum absolute atomic E-state index is 2.47. The van der Waals surface area contributed by atoms with Gasteiger partial charge in [-0.1, -0.05) is 112 Å². The number of hydrogen-bond acceptors (Lipinski definition) is 0. The first-order valence-electron chi connectivity index (χ1n) is 10.5. The summed E-state index contributed by atoms with van der Waals surface area (Å²) >= 11 is 0. The SMILES string of the molecule is CC1=CCC([Si](c2ccccc2)(c2cc(C)cc(C)c2)c2cc(C)cc(C)c2)=C1. The second-order valence-corrected chi connectivity index (χ2v) is 12.6. The summed E-state index contributed by atoms with van der Waals surface area (Å²) in [7, 11) is -2.35. The molecule has 1 aliphatic carbocycles. The van der Waals surface area contributed by atoms with E-state index in [2.05, 4.69) is 114 Å². The summed E-state index contributed by atoms with van der Waals surface area (Å²) in [6.45, 7) is 11.2. The minimum absolute atomic E-state index is 1.05. The van der Waals surface area contributed by atoms with Gasteiger partial charge in [0, 0.05) is 0 Å². The van der Waals surface area contributed by atoms with Crippen LogP contribution in [0.15, 0.2) is 89.7 Å². The molecule has 0 fully saturated rings. The number of allylic oxidation sites excluding steroid dienone is 4. The Bertz CT molecular complexity index is 1020. The normalized spacial score (nSPS) is 14.0. The van der Waals surface area contributed by atoms with Crippen LogP contribution in [0.2, 0.25) is 0 Å². The summed E-state index contributed by atoms with van der Waals surface area (Å²) < 4.78 is 0. The standard InChI is InChI=1S/C28H30Si/c1-20-11-12-26(15-20)29(25-9-7-6-8-10-25,27-16-21(2)13-22(3)17-27)28-18-23(4)14-24(5)19-28/h6-11,13-19H,12H2,1-5H3. The molecule has 0 aromatic heterocycles. The summed E-state index contributed by atoms with van der Waals surface area (Å²) in [6.07, 6.45) is 5.91. The Labute approximate surface area is 176 Å². The molecule has 0 bridgehead atoms. The second kappa shape index (κ2) is 7.65. The highest BCUT2D eigenvalue weighted by Crippen LogP contribution is 2.28. The van der Waals surface area contributed by atoms with Crippen molar-refractivity contribution in [1.29, 1.82) is 0 Å². The molecule has 29 heavy (non-hydrogen) atoms. The lowest BCUT2D eigenvalue weighted by atomic mass is 10.1. The van der Waals surface area contributed by atoms with Crippen LogP contribution < -0.4 is 15.6 Å². The number of rotatable bonds is 4. The van der Waals surface area contributed by atoms with Gasteiger partial charge in [-0.05, 0) is 56.6 Å². The summed E-state index contributed by atoms with van der Waals surface area (Å²) in [5.41, 5.74) is 6.78. The molecule has 0 spiro atoms. The smallest absolute Gasteiger partial charge is 0.0779 e. The predicted octanol–water partition coefficient (Wildman–Crippen LogP) is 5.21. The van der Waals surface area contributed by atoms with E-state index in [1.807, 2.05) is 0 Å². The van der Waals surface area contributed by atoms with Crippen molar-refractivity contribution < 1.29 is 0 Å². The quantitative estimate of drug-likeness (QED) is 0.421. The van der Waals surface area contributed by atoms with Gasteiger partial charge in [0.25, 0.3) is 0 Å². The van der Waals surface area contributed by atoms with E-state index in [4.69, 9.17) is 0 Å². The summed E-state index contributed by atoms with van der Waals surface area (Å²) in [4.78, 5) is 0. The van der Waals surface area contributed by atoms with Crippen molar-refractivity contribution in [2.75, 3.05) is 0 Å².